The van der Waals surface area contributed by atoms with Gasteiger partial charge in [-0.3, -0.25) is 0 Å². The summed E-state index contributed by atoms with van der Waals surface area (Å²) < 4.78 is 11.5. The number of aryl methyl sites for hydroxylation is 1. The molecule has 0 aromatic carbocycles. The van der Waals surface area contributed by atoms with Crippen LogP contribution in [0.15, 0.2) is 8.86 Å². The first kappa shape index (κ1) is 13.8. The second kappa shape index (κ2) is 6.51. The first-order valence-corrected chi connectivity index (χ1v) is 8.21. The van der Waals surface area contributed by atoms with Gasteiger partial charge >= 0.3 is 0 Å². The zero-order valence-electron chi connectivity index (χ0n) is 11.0. The first-order valence-electron chi connectivity index (χ1n) is 6.40. The Morgan fingerprint density at radius 3 is 3.15 bits per heavy atom. The lowest BCUT2D eigenvalue weighted by Gasteiger charge is -2.08. The Labute approximate surface area is 124 Å². The average molecular weight is 313 g/mol. The van der Waals surface area contributed by atoms with Gasteiger partial charge in [0.2, 0.25) is 11.0 Å². The van der Waals surface area contributed by atoms with Gasteiger partial charge in [-0.05, 0) is 19.8 Å². The minimum atomic E-state index is 0.302. The largest absolute Gasteiger partial charge is 0.376 e. The molecule has 108 valence electrons. The molecule has 3 heterocycles. The van der Waals surface area contributed by atoms with Crippen LogP contribution in [-0.4, -0.2) is 39.6 Å². The third-order valence-electron chi connectivity index (χ3n) is 2.80. The van der Waals surface area contributed by atoms with Gasteiger partial charge in [-0.15, -0.1) is 10.2 Å². The van der Waals surface area contributed by atoms with Crippen LogP contribution >= 0.6 is 23.1 Å². The molecular formula is C11H15N5O2S2. The summed E-state index contributed by atoms with van der Waals surface area (Å²) in [6, 6.07) is 0. The van der Waals surface area contributed by atoms with Gasteiger partial charge in [0, 0.05) is 13.2 Å². The highest BCUT2D eigenvalue weighted by Gasteiger charge is 2.16. The van der Waals surface area contributed by atoms with Crippen LogP contribution in [0.2, 0.25) is 0 Å². The predicted octanol–water partition coefficient (Wildman–Crippen LogP) is 2.11. The van der Waals surface area contributed by atoms with E-state index in [0.717, 1.165) is 35.5 Å². The third kappa shape index (κ3) is 3.68. The van der Waals surface area contributed by atoms with Crippen molar-refractivity contribution in [1.29, 1.82) is 0 Å². The van der Waals surface area contributed by atoms with E-state index in [9.17, 15) is 0 Å². The number of ether oxygens (including phenoxy) is 1. The Morgan fingerprint density at radius 2 is 2.40 bits per heavy atom. The molecule has 20 heavy (non-hydrogen) atoms. The van der Waals surface area contributed by atoms with E-state index in [4.69, 9.17) is 9.26 Å². The number of nitrogens with one attached hydrogen (secondary N) is 1. The van der Waals surface area contributed by atoms with E-state index < -0.39 is 0 Å². The highest BCUT2D eigenvalue weighted by atomic mass is 32.2. The zero-order chi connectivity index (χ0) is 13.8. The van der Waals surface area contributed by atoms with Crippen molar-refractivity contribution in [3.8, 4) is 0 Å². The minimum Gasteiger partial charge on any atom is -0.376 e. The molecule has 1 atom stereocenters. The smallest absolute Gasteiger partial charge is 0.237 e. The molecule has 1 N–H and O–H groups in total. The van der Waals surface area contributed by atoms with Gasteiger partial charge in [0.1, 0.15) is 0 Å². The molecule has 1 aliphatic rings. The van der Waals surface area contributed by atoms with E-state index in [2.05, 4.69) is 25.7 Å². The molecule has 3 rings (SSSR count). The normalized spacial score (nSPS) is 18.6. The maximum absolute atomic E-state index is 5.55. The molecule has 0 unspecified atom stereocenters. The summed E-state index contributed by atoms with van der Waals surface area (Å²) in [6.45, 7) is 3.46. The van der Waals surface area contributed by atoms with Crippen LogP contribution in [0, 0.1) is 6.92 Å². The van der Waals surface area contributed by atoms with E-state index in [1.54, 1.807) is 18.7 Å². The van der Waals surface area contributed by atoms with E-state index in [0.29, 0.717) is 23.6 Å². The molecule has 2 aromatic heterocycles. The Kier molecular flexibility index (Phi) is 4.48. The number of hydrogen-bond donors (Lipinski definition) is 1. The van der Waals surface area contributed by atoms with Gasteiger partial charge in [0.05, 0.1) is 11.9 Å². The van der Waals surface area contributed by atoms with Crippen LogP contribution in [0.4, 0.5) is 5.13 Å². The minimum absolute atomic E-state index is 0.302. The highest BCUT2D eigenvalue weighted by molar-refractivity contribution is 8.00. The maximum Gasteiger partial charge on any atom is 0.237 e. The summed E-state index contributed by atoms with van der Waals surface area (Å²) in [5.74, 6) is 1.87. The molecule has 1 saturated heterocycles. The van der Waals surface area contributed by atoms with Crippen molar-refractivity contribution in [2.24, 2.45) is 0 Å². The van der Waals surface area contributed by atoms with Gasteiger partial charge in [-0.1, -0.05) is 28.3 Å². The van der Waals surface area contributed by atoms with Crippen molar-refractivity contribution < 1.29 is 9.26 Å². The Balaban J connectivity index is 1.46. The lowest BCUT2D eigenvalue weighted by molar-refractivity contribution is 0.120. The molecule has 2 aromatic rings. The topological polar surface area (TPSA) is 86.0 Å². The van der Waals surface area contributed by atoms with Crippen LogP contribution < -0.4 is 5.32 Å². The molecule has 1 aliphatic heterocycles. The standard InChI is InChI=1S/C11H15N5O2S2/c1-7-13-9(18-16-7)6-19-11-15-14-10(20-11)12-5-8-3-2-4-17-8/h8H,2-6H2,1H3,(H,12,14)/t8-/m0/s1. The van der Waals surface area contributed by atoms with Crippen LogP contribution in [0.25, 0.3) is 0 Å². The van der Waals surface area contributed by atoms with Gasteiger partial charge in [-0.2, -0.15) is 4.98 Å². The summed E-state index contributed by atoms with van der Waals surface area (Å²) in [5, 5.41) is 16.1. The van der Waals surface area contributed by atoms with E-state index in [-0.39, 0.29) is 0 Å². The zero-order valence-corrected chi connectivity index (χ0v) is 12.7. The Morgan fingerprint density at radius 1 is 1.45 bits per heavy atom. The van der Waals surface area contributed by atoms with Crippen LogP contribution in [0.3, 0.4) is 0 Å². The SMILES string of the molecule is Cc1noc(CSc2nnc(NC[C@@H]3CCCO3)s2)n1. The van der Waals surface area contributed by atoms with E-state index in [1.807, 2.05) is 0 Å². The maximum atomic E-state index is 5.55. The highest BCUT2D eigenvalue weighted by Crippen LogP contribution is 2.28. The molecule has 0 amide bonds. The summed E-state index contributed by atoms with van der Waals surface area (Å²) in [5.41, 5.74) is 0. The van der Waals surface area contributed by atoms with Gasteiger partial charge in [0.15, 0.2) is 10.2 Å². The number of rotatable bonds is 6. The van der Waals surface area contributed by atoms with Crippen molar-refractivity contribution >= 4 is 28.2 Å². The summed E-state index contributed by atoms with van der Waals surface area (Å²) >= 11 is 3.07. The lowest BCUT2D eigenvalue weighted by Crippen LogP contribution is -2.18. The van der Waals surface area contributed by atoms with Crippen molar-refractivity contribution in [2.45, 2.75) is 36.0 Å². The second-order valence-electron chi connectivity index (χ2n) is 4.41. The lowest BCUT2D eigenvalue weighted by atomic mass is 10.2. The van der Waals surface area contributed by atoms with Crippen LogP contribution in [-0.2, 0) is 10.5 Å². The molecule has 0 radical (unpaired) electrons. The summed E-state index contributed by atoms with van der Waals surface area (Å²) in [4.78, 5) is 4.15. The molecule has 0 bridgehead atoms. The number of thioether (sulfide) groups is 1. The molecule has 0 saturated carbocycles. The van der Waals surface area contributed by atoms with Crippen LogP contribution in [0.1, 0.15) is 24.6 Å². The first-order chi connectivity index (χ1) is 9.79. The molecular weight excluding hydrogens is 298 g/mol. The summed E-state index contributed by atoms with van der Waals surface area (Å²) in [6.07, 6.45) is 2.56. The fourth-order valence-electron chi connectivity index (χ4n) is 1.87. The number of nitrogens with zero attached hydrogens (tertiary/aromatic N) is 4. The fraction of sp³-hybridized carbons (Fsp3) is 0.636. The second-order valence-corrected chi connectivity index (χ2v) is 6.61. The Hall–Kier alpha value is -1.19. The monoisotopic (exact) mass is 313 g/mol. The fourth-order valence-corrected chi connectivity index (χ4v) is 3.46. The number of hydrogen-bond acceptors (Lipinski definition) is 9. The molecule has 9 heteroatoms. The number of aromatic nitrogens is 4. The average Bonchev–Trinajstić information content (AvgIpc) is 3.16. The van der Waals surface area contributed by atoms with E-state index >= 15 is 0 Å². The van der Waals surface area contributed by atoms with Crippen molar-refractivity contribution in [3.05, 3.63) is 11.7 Å². The Bertz CT molecular complexity index is 553. The molecule has 1 fully saturated rings. The van der Waals surface area contributed by atoms with Gasteiger partial charge < -0.3 is 14.6 Å². The third-order valence-corrected chi connectivity index (χ3v) is 4.80. The molecule has 0 spiro atoms. The molecule has 0 aliphatic carbocycles. The predicted molar refractivity (Wildman–Crippen MR) is 76.0 cm³/mol. The summed E-state index contributed by atoms with van der Waals surface area (Å²) in [7, 11) is 0. The van der Waals surface area contributed by atoms with Crippen molar-refractivity contribution in [1.82, 2.24) is 20.3 Å². The van der Waals surface area contributed by atoms with Gasteiger partial charge in [0.25, 0.3) is 0 Å². The van der Waals surface area contributed by atoms with Crippen LogP contribution in [0.5, 0.6) is 0 Å². The molecule has 7 nitrogen and oxygen atoms in total. The number of anilines is 1. The van der Waals surface area contributed by atoms with Crippen molar-refractivity contribution in [3.63, 3.8) is 0 Å². The van der Waals surface area contributed by atoms with Crippen molar-refractivity contribution in [2.75, 3.05) is 18.5 Å². The van der Waals surface area contributed by atoms with E-state index in [1.165, 1.54) is 11.3 Å². The quantitative estimate of drug-likeness (QED) is 0.812. The van der Waals surface area contributed by atoms with Gasteiger partial charge in [-0.25, -0.2) is 0 Å².